The van der Waals surface area contributed by atoms with Crippen LogP contribution in [-0.2, 0) is 7.05 Å². The highest BCUT2D eigenvalue weighted by Gasteiger charge is 2.21. The monoisotopic (exact) mass is 460 g/mol. The Hall–Kier alpha value is -4.20. The third-order valence-electron chi connectivity index (χ3n) is 5.78. The molecule has 4 aromatic rings. The van der Waals surface area contributed by atoms with Crippen LogP contribution >= 0.6 is 0 Å². The lowest BCUT2D eigenvalue weighted by Gasteiger charge is -2.19. The molecule has 34 heavy (non-hydrogen) atoms. The number of nitrogens with zero attached hydrogens (tertiary/aromatic N) is 2. The lowest BCUT2D eigenvalue weighted by molar-refractivity contribution is 0.252. The van der Waals surface area contributed by atoms with E-state index in [1.807, 2.05) is 37.5 Å². The van der Waals surface area contributed by atoms with Gasteiger partial charge in [-0.3, -0.25) is 4.98 Å². The minimum absolute atomic E-state index is 0.0783. The number of hydrogen-bond acceptors (Lipinski definition) is 5. The van der Waals surface area contributed by atoms with Gasteiger partial charge in [0.2, 0.25) is 5.75 Å². The summed E-state index contributed by atoms with van der Waals surface area (Å²) < 4.78 is 18.2. The zero-order valence-electron chi connectivity index (χ0n) is 19.7. The summed E-state index contributed by atoms with van der Waals surface area (Å²) >= 11 is 0. The first kappa shape index (κ1) is 23.0. The largest absolute Gasteiger partial charge is 0.493 e. The molecule has 0 bridgehead atoms. The first-order valence-corrected chi connectivity index (χ1v) is 10.8. The first-order chi connectivity index (χ1) is 16.5. The second kappa shape index (κ2) is 10.2. The van der Waals surface area contributed by atoms with Crippen molar-refractivity contribution in [1.29, 1.82) is 0 Å². The summed E-state index contributed by atoms with van der Waals surface area (Å²) in [4.78, 5) is 17.1. The van der Waals surface area contributed by atoms with E-state index in [-0.39, 0.29) is 11.9 Å². The van der Waals surface area contributed by atoms with Crippen molar-refractivity contribution in [2.75, 3.05) is 33.2 Å². The molecule has 8 heteroatoms. The van der Waals surface area contributed by atoms with Crippen molar-refractivity contribution in [1.82, 2.24) is 14.9 Å². The van der Waals surface area contributed by atoms with Crippen molar-refractivity contribution in [2.45, 2.75) is 5.92 Å². The van der Waals surface area contributed by atoms with Gasteiger partial charge in [-0.25, -0.2) is 4.79 Å². The summed E-state index contributed by atoms with van der Waals surface area (Å²) in [5.41, 5.74) is 3.80. The van der Waals surface area contributed by atoms with Gasteiger partial charge in [0.15, 0.2) is 11.5 Å². The number of fused-ring (bicyclic) bond motifs is 1. The molecule has 2 aromatic heterocycles. The highest BCUT2D eigenvalue weighted by atomic mass is 16.5. The van der Waals surface area contributed by atoms with E-state index < -0.39 is 0 Å². The van der Waals surface area contributed by atoms with Crippen LogP contribution in [0.3, 0.4) is 0 Å². The second-order valence-corrected chi connectivity index (χ2v) is 7.80. The number of aromatic nitrogens is 2. The molecule has 0 unspecified atom stereocenters. The standard InChI is InChI=1S/C26H28N4O4/c1-30-16-21(19-9-5-6-10-22(19)30)20(17-8-7-11-27-14-17)15-28-26(31)29-18-12-23(32-2)25(34-4)24(13-18)33-3/h5-14,16,20H,15H2,1-4H3,(H2,28,29,31)/t20-/m1/s1. The average Bonchev–Trinajstić information content (AvgIpc) is 3.20. The number of nitrogens with one attached hydrogen (secondary N) is 2. The van der Waals surface area contributed by atoms with Gasteiger partial charge in [-0.1, -0.05) is 24.3 Å². The third kappa shape index (κ3) is 4.61. The molecule has 0 radical (unpaired) electrons. The van der Waals surface area contributed by atoms with Crippen LogP contribution in [0.4, 0.5) is 10.5 Å². The van der Waals surface area contributed by atoms with Crippen molar-refractivity contribution in [3.05, 3.63) is 78.2 Å². The first-order valence-electron chi connectivity index (χ1n) is 10.8. The molecule has 0 aliphatic rings. The summed E-state index contributed by atoms with van der Waals surface area (Å²) in [7, 11) is 6.62. The summed E-state index contributed by atoms with van der Waals surface area (Å²) in [5, 5.41) is 7.01. The summed E-state index contributed by atoms with van der Waals surface area (Å²) in [6.07, 6.45) is 5.70. The fourth-order valence-corrected chi connectivity index (χ4v) is 4.16. The predicted molar refractivity (Wildman–Crippen MR) is 132 cm³/mol. The Morgan fingerprint density at radius 1 is 1.03 bits per heavy atom. The van der Waals surface area contributed by atoms with E-state index in [9.17, 15) is 4.79 Å². The van der Waals surface area contributed by atoms with Crippen LogP contribution in [0.2, 0.25) is 0 Å². The number of ether oxygens (including phenoxy) is 3. The number of amides is 2. The van der Waals surface area contributed by atoms with Crippen LogP contribution in [0.25, 0.3) is 10.9 Å². The molecule has 2 aromatic carbocycles. The van der Waals surface area contributed by atoms with Crippen molar-refractivity contribution >= 4 is 22.6 Å². The Morgan fingerprint density at radius 2 is 1.76 bits per heavy atom. The molecule has 0 spiro atoms. The van der Waals surface area contributed by atoms with Crippen LogP contribution in [0, 0.1) is 0 Å². The number of pyridine rings is 1. The number of aryl methyl sites for hydroxylation is 1. The molecule has 2 amide bonds. The number of carbonyl (C=O) groups excluding carboxylic acids is 1. The smallest absolute Gasteiger partial charge is 0.319 e. The molecular formula is C26H28N4O4. The van der Waals surface area contributed by atoms with Crippen molar-refractivity contribution in [3.63, 3.8) is 0 Å². The van der Waals surface area contributed by atoms with Gasteiger partial charge < -0.3 is 29.4 Å². The number of anilines is 1. The maximum absolute atomic E-state index is 12.8. The van der Waals surface area contributed by atoms with E-state index >= 15 is 0 Å². The summed E-state index contributed by atoms with van der Waals surface area (Å²) in [5.74, 6) is 1.30. The molecule has 0 saturated heterocycles. The second-order valence-electron chi connectivity index (χ2n) is 7.80. The van der Waals surface area contributed by atoms with Gasteiger partial charge in [0, 0.05) is 61.1 Å². The maximum atomic E-state index is 12.8. The van der Waals surface area contributed by atoms with E-state index in [1.54, 1.807) is 18.3 Å². The van der Waals surface area contributed by atoms with E-state index in [0.717, 1.165) is 22.0 Å². The van der Waals surface area contributed by atoms with Gasteiger partial charge in [-0.15, -0.1) is 0 Å². The minimum atomic E-state index is -0.344. The predicted octanol–water partition coefficient (Wildman–Crippen LogP) is 4.55. The Labute approximate surface area is 198 Å². The Balaban J connectivity index is 1.57. The Kier molecular flexibility index (Phi) is 6.87. The summed E-state index contributed by atoms with van der Waals surface area (Å²) in [6.45, 7) is 0.385. The zero-order chi connectivity index (χ0) is 24.1. The number of benzene rings is 2. The SMILES string of the molecule is COc1cc(NC(=O)NC[C@H](c2cccnc2)c2cn(C)c3ccccc23)cc(OC)c1OC. The van der Waals surface area contributed by atoms with Gasteiger partial charge in [-0.05, 0) is 23.3 Å². The lowest BCUT2D eigenvalue weighted by atomic mass is 9.92. The highest BCUT2D eigenvalue weighted by Crippen LogP contribution is 2.40. The molecule has 0 aliphatic carbocycles. The van der Waals surface area contributed by atoms with Crippen molar-refractivity contribution in [3.8, 4) is 17.2 Å². The number of rotatable bonds is 8. The van der Waals surface area contributed by atoms with Crippen LogP contribution < -0.4 is 24.8 Å². The van der Waals surface area contributed by atoms with Crippen LogP contribution in [0.5, 0.6) is 17.2 Å². The number of carbonyl (C=O) groups is 1. The van der Waals surface area contributed by atoms with Crippen LogP contribution in [0.1, 0.15) is 17.0 Å². The van der Waals surface area contributed by atoms with Gasteiger partial charge in [-0.2, -0.15) is 0 Å². The normalized spacial score (nSPS) is 11.6. The molecule has 2 heterocycles. The van der Waals surface area contributed by atoms with Crippen LogP contribution in [-0.4, -0.2) is 43.5 Å². The molecule has 1 atom stereocenters. The fourth-order valence-electron chi connectivity index (χ4n) is 4.16. The number of hydrogen-bond donors (Lipinski definition) is 2. The molecule has 0 fully saturated rings. The van der Waals surface area contributed by atoms with E-state index in [2.05, 4.69) is 38.5 Å². The maximum Gasteiger partial charge on any atom is 0.319 e. The minimum Gasteiger partial charge on any atom is -0.493 e. The molecule has 2 N–H and O–H groups in total. The lowest BCUT2D eigenvalue weighted by Crippen LogP contribution is -2.32. The third-order valence-corrected chi connectivity index (χ3v) is 5.78. The number of urea groups is 1. The average molecular weight is 461 g/mol. The Morgan fingerprint density at radius 3 is 2.41 bits per heavy atom. The zero-order valence-corrected chi connectivity index (χ0v) is 19.7. The molecule has 0 saturated carbocycles. The van der Waals surface area contributed by atoms with Crippen LogP contribution in [0.15, 0.2) is 67.1 Å². The van der Waals surface area contributed by atoms with Gasteiger partial charge >= 0.3 is 6.03 Å². The van der Waals surface area contributed by atoms with E-state index in [0.29, 0.717) is 29.5 Å². The van der Waals surface area contributed by atoms with Gasteiger partial charge in [0.25, 0.3) is 0 Å². The fraction of sp³-hybridized carbons (Fsp3) is 0.231. The number of methoxy groups -OCH3 is 3. The topological polar surface area (TPSA) is 86.6 Å². The molecular weight excluding hydrogens is 432 g/mol. The van der Waals surface area contributed by atoms with Gasteiger partial charge in [0.05, 0.1) is 27.0 Å². The highest BCUT2D eigenvalue weighted by molar-refractivity contribution is 5.90. The Bertz CT molecular complexity index is 1260. The summed E-state index contributed by atoms with van der Waals surface area (Å²) in [6, 6.07) is 15.2. The van der Waals surface area contributed by atoms with E-state index in [1.165, 1.54) is 21.3 Å². The molecule has 8 nitrogen and oxygen atoms in total. The molecule has 176 valence electrons. The molecule has 4 rings (SSSR count). The van der Waals surface area contributed by atoms with Gasteiger partial charge in [0.1, 0.15) is 0 Å². The van der Waals surface area contributed by atoms with Crippen molar-refractivity contribution < 1.29 is 19.0 Å². The number of para-hydroxylation sites is 1. The van der Waals surface area contributed by atoms with Crippen molar-refractivity contribution in [2.24, 2.45) is 7.05 Å². The quantitative estimate of drug-likeness (QED) is 0.403. The van der Waals surface area contributed by atoms with E-state index in [4.69, 9.17) is 14.2 Å². The molecule has 0 aliphatic heterocycles.